The van der Waals surface area contributed by atoms with E-state index in [0.717, 1.165) is 11.0 Å². The first kappa shape index (κ1) is 26.9. The van der Waals surface area contributed by atoms with Crippen LogP contribution in [0, 0.1) is 0 Å². The van der Waals surface area contributed by atoms with E-state index < -0.39 is 6.10 Å². The van der Waals surface area contributed by atoms with E-state index in [9.17, 15) is 14.7 Å². The molecule has 0 saturated carbocycles. The Kier molecular flexibility index (Phi) is 6.95. The first-order valence-electron chi connectivity index (χ1n) is 13.7. The standard InChI is InChI=1S/C27H34N10O4/c1-17(38)24(39)35-9-11-36(12-10-35)25(40)23-29-20-21(33(23)4)30-26(31-22(20)34-13-15-41-16-14-34)37-19-8-6-5-7-18(19)28-27(37)32(2)3/h5-8,17,38H,9-16H2,1-4H3. The average Bonchev–Trinajstić information content (AvgIpc) is 3.55. The lowest BCUT2D eigenvalue weighted by atomic mass is 10.2. The van der Waals surface area contributed by atoms with Crippen LogP contribution < -0.4 is 9.80 Å². The first-order chi connectivity index (χ1) is 19.7. The molecule has 2 fully saturated rings. The van der Waals surface area contributed by atoms with Crippen LogP contribution >= 0.6 is 0 Å². The molecule has 0 aliphatic carbocycles. The topological polar surface area (TPSA) is 138 Å². The fourth-order valence-electron chi connectivity index (χ4n) is 5.37. The number of hydrogen-bond donors (Lipinski definition) is 1. The number of hydrogen-bond acceptors (Lipinski definition) is 10. The van der Waals surface area contributed by atoms with E-state index in [1.165, 1.54) is 6.92 Å². The predicted molar refractivity (Wildman–Crippen MR) is 152 cm³/mol. The Morgan fingerprint density at radius 3 is 2.32 bits per heavy atom. The van der Waals surface area contributed by atoms with Crippen molar-refractivity contribution < 1.29 is 19.4 Å². The molecule has 216 valence electrons. The van der Waals surface area contributed by atoms with Crippen molar-refractivity contribution in [2.24, 2.45) is 7.05 Å². The summed E-state index contributed by atoms with van der Waals surface area (Å²) in [6.07, 6.45) is -1.07. The fourth-order valence-corrected chi connectivity index (χ4v) is 5.37. The Balaban J connectivity index is 1.44. The second kappa shape index (κ2) is 10.6. The third-order valence-electron chi connectivity index (χ3n) is 7.57. The van der Waals surface area contributed by atoms with Gasteiger partial charge in [0.15, 0.2) is 17.0 Å². The van der Waals surface area contributed by atoms with Gasteiger partial charge in [-0.05, 0) is 19.1 Å². The minimum Gasteiger partial charge on any atom is -0.384 e. The number of aromatic nitrogens is 6. The minimum absolute atomic E-state index is 0.244. The highest BCUT2D eigenvalue weighted by molar-refractivity contribution is 5.97. The average molecular weight is 563 g/mol. The number of aryl methyl sites for hydroxylation is 1. The number of ether oxygens (including phenoxy) is 1. The maximum atomic E-state index is 13.7. The lowest BCUT2D eigenvalue weighted by Crippen LogP contribution is -2.52. The van der Waals surface area contributed by atoms with Crippen LogP contribution in [0.4, 0.5) is 11.8 Å². The van der Waals surface area contributed by atoms with Crippen LogP contribution in [0.25, 0.3) is 28.1 Å². The van der Waals surface area contributed by atoms with Crippen LogP contribution in [-0.4, -0.2) is 128 Å². The number of aliphatic hydroxyl groups is 1. The molecule has 3 aromatic heterocycles. The largest absolute Gasteiger partial charge is 0.384 e. The third-order valence-corrected chi connectivity index (χ3v) is 7.57. The van der Waals surface area contributed by atoms with E-state index in [1.54, 1.807) is 21.4 Å². The lowest BCUT2D eigenvalue weighted by Gasteiger charge is -2.35. The van der Waals surface area contributed by atoms with Crippen LogP contribution in [0.5, 0.6) is 0 Å². The van der Waals surface area contributed by atoms with Crippen LogP contribution in [0.1, 0.15) is 17.5 Å². The SMILES string of the molecule is CC(O)C(=O)N1CCN(C(=O)c2nc3c(N4CCOCC4)nc(-n4c(N(C)C)nc5ccccc54)nc3n2C)CC1. The molecule has 1 unspecified atom stereocenters. The van der Waals surface area contributed by atoms with Gasteiger partial charge in [0.25, 0.3) is 11.8 Å². The maximum absolute atomic E-state index is 13.7. The molecule has 14 heteroatoms. The Morgan fingerprint density at radius 1 is 0.951 bits per heavy atom. The number of para-hydroxylation sites is 2. The zero-order valence-corrected chi connectivity index (χ0v) is 23.7. The number of anilines is 2. The monoisotopic (exact) mass is 562 g/mol. The Bertz CT molecular complexity index is 1610. The Morgan fingerprint density at radius 2 is 1.63 bits per heavy atom. The van der Waals surface area contributed by atoms with Crippen molar-refractivity contribution in [3.63, 3.8) is 0 Å². The number of nitrogens with zero attached hydrogens (tertiary/aromatic N) is 10. The number of aliphatic hydroxyl groups excluding tert-OH is 1. The number of carbonyl (C=O) groups excluding carboxylic acids is 2. The van der Waals surface area contributed by atoms with Gasteiger partial charge in [-0.3, -0.25) is 9.59 Å². The summed E-state index contributed by atoms with van der Waals surface area (Å²) >= 11 is 0. The third kappa shape index (κ3) is 4.72. The molecular formula is C27H34N10O4. The molecular weight excluding hydrogens is 528 g/mol. The zero-order chi connectivity index (χ0) is 28.8. The molecule has 6 rings (SSSR count). The number of benzene rings is 1. The summed E-state index contributed by atoms with van der Waals surface area (Å²) in [5.41, 5.74) is 2.76. The molecule has 1 aromatic carbocycles. The van der Waals surface area contributed by atoms with Gasteiger partial charge < -0.3 is 34.0 Å². The minimum atomic E-state index is -1.07. The van der Waals surface area contributed by atoms with Crippen molar-refractivity contribution in [3.8, 4) is 5.95 Å². The van der Waals surface area contributed by atoms with Gasteiger partial charge >= 0.3 is 0 Å². The van der Waals surface area contributed by atoms with Gasteiger partial charge in [-0.2, -0.15) is 9.97 Å². The van der Waals surface area contributed by atoms with E-state index in [2.05, 4.69) is 4.90 Å². The van der Waals surface area contributed by atoms with Crippen molar-refractivity contribution in [1.82, 2.24) is 38.9 Å². The number of imidazole rings is 2. The summed E-state index contributed by atoms with van der Waals surface area (Å²) in [6, 6.07) is 7.84. The van der Waals surface area contributed by atoms with Crippen LogP contribution in [-0.2, 0) is 16.6 Å². The zero-order valence-electron chi connectivity index (χ0n) is 23.7. The molecule has 1 atom stereocenters. The highest BCUT2D eigenvalue weighted by Crippen LogP contribution is 2.30. The predicted octanol–water partition coefficient (Wildman–Crippen LogP) is 0.270. The second-order valence-electron chi connectivity index (χ2n) is 10.5. The van der Waals surface area contributed by atoms with Crippen molar-refractivity contribution in [2.45, 2.75) is 13.0 Å². The number of carbonyl (C=O) groups is 2. The normalized spacial score (nSPS) is 17.0. The number of fused-ring (bicyclic) bond motifs is 2. The number of rotatable bonds is 5. The Labute approximate surface area is 236 Å². The molecule has 2 aliphatic rings. The quantitative estimate of drug-likeness (QED) is 0.361. The lowest BCUT2D eigenvalue weighted by molar-refractivity contribution is -0.140. The van der Waals surface area contributed by atoms with Crippen molar-refractivity contribution in [1.29, 1.82) is 0 Å². The summed E-state index contributed by atoms with van der Waals surface area (Å²) in [5.74, 6) is 1.43. The molecule has 1 N–H and O–H groups in total. The molecule has 0 bridgehead atoms. The summed E-state index contributed by atoms with van der Waals surface area (Å²) in [4.78, 5) is 52.8. The van der Waals surface area contributed by atoms with Crippen LogP contribution in [0.2, 0.25) is 0 Å². The molecule has 2 aliphatic heterocycles. The highest BCUT2D eigenvalue weighted by Gasteiger charge is 2.31. The van der Waals surface area contributed by atoms with E-state index in [-0.39, 0.29) is 17.6 Å². The molecule has 2 amide bonds. The van der Waals surface area contributed by atoms with Crippen LogP contribution in [0.3, 0.4) is 0 Å². The summed E-state index contributed by atoms with van der Waals surface area (Å²) in [7, 11) is 5.64. The van der Waals surface area contributed by atoms with Gasteiger partial charge in [-0.15, -0.1) is 0 Å². The molecule has 5 heterocycles. The van der Waals surface area contributed by atoms with Gasteiger partial charge in [-0.1, -0.05) is 12.1 Å². The molecule has 4 aromatic rings. The van der Waals surface area contributed by atoms with Gasteiger partial charge in [0.05, 0.1) is 24.2 Å². The molecule has 0 spiro atoms. The van der Waals surface area contributed by atoms with Gasteiger partial charge in [0.1, 0.15) is 6.10 Å². The van der Waals surface area contributed by atoms with Crippen molar-refractivity contribution in [2.75, 3.05) is 76.4 Å². The fraction of sp³-hybridized carbons (Fsp3) is 0.481. The van der Waals surface area contributed by atoms with Gasteiger partial charge in [-0.25, -0.2) is 14.5 Å². The molecule has 14 nitrogen and oxygen atoms in total. The number of amides is 2. The smallest absolute Gasteiger partial charge is 0.290 e. The van der Waals surface area contributed by atoms with Crippen molar-refractivity contribution >= 4 is 45.8 Å². The first-order valence-corrected chi connectivity index (χ1v) is 13.7. The number of piperazine rings is 1. The molecule has 41 heavy (non-hydrogen) atoms. The van der Waals surface area contributed by atoms with Crippen molar-refractivity contribution in [3.05, 3.63) is 30.1 Å². The Hall–Kier alpha value is -4.30. The van der Waals surface area contributed by atoms with E-state index in [0.29, 0.717) is 81.4 Å². The van der Waals surface area contributed by atoms with Gasteiger partial charge in [0.2, 0.25) is 17.7 Å². The summed E-state index contributed by atoms with van der Waals surface area (Å²) < 4.78 is 9.23. The van der Waals surface area contributed by atoms with Crippen LogP contribution in [0.15, 0.2) is 24.3 Å². The molecule has 2 saturated heterocycles. The van der Waals surface area contributed by atoms with E-state index >= 15 is 0 Å². The summed E-state index contributed by atoms with van der Waals surface area (Å²) in [5, 5.41) is 9.66. The summed E-state index contributed by atoms with van der Waals surface area (Å²) in [6.45, 7) is 5.24. The van der Waals surface area contributed by atoms with Gasteiger partial charge in [0, 0.05) is 60.4 Å². The number of morpholine rings is 1. The van der Waals surface area contributed by atoms with E-state index in [1.807, 2.05) is 47.8 Å². The molecule has 0 radical (unpaired) electrons. The maximum Gasteiger partial charge on any atom is 0.290 e. The second-order valence-corrected chi connectivity index (χ2v) is 10.5. The van der Waals surface area contributed by atoms with E-state index in [4.69, 9.17) is 24.7 Å². The highest BCUT2D eigenvalue weighted by atomic mass is 16.5.